The molecular formula is C17H31Cl2N3OS. The molecule has 1 aromatic rings. The Bertz CT molecular complexity index is 506. The average Bonchev–Trinajstić information content (AvgIpc) is 2.95. The molecule has 1 aliphatic heterocycles. The lowest BCUT2D eigenvalue weighted by molar-refractivity contribution is -0.124. The number of nitrogens with zero attached hydrogens (tertiary/aromatic N) is 1. The second kappa shape index (κ2) is 10.6. The van der Waals surface area contributed by atoms with Gasteiger partial charge in [-0.3, -0.25) is 4.79 Å². The lowest BCUT2D eigenvalue weighted by atomic mass is 9.85. The highest BCUT2D eigenvalue weighted by Crippen LogP contribution is 2.28. The van der Waals surface area contributed by atoms with Gasteiger partial charge in [0.15, 0.2) is 0 Å². The maximum atomic E-state index is 12.5. The summed E-state index contributed by atoms with van der Waals surface area (Å²) in [7, 11) is 0. The van der Waals surface area contributed by atoms with Crippen molar-refractivity contribution >= 4 is 42.1 Å². The number of nitrogens with one attached hydrogen (secondary N) is 2. The van der Waals surface area contributed by atoms with Crippen LogP contribution in [-0.2, 0) is 10.3 Å². The van der Waals surface area contributed by atoms with Gasteiger partial charge in [0.2, 0.25) is 5.91 Å². The quantitative estimate of drug-likeness (QED) is 0.763. The average molecular weight is 396 g/mol. The summed E-state index contributed by atoms with van der Waals surface area (Å²) >= 11 is 1.63. The molecule has 4 nitrogen and oxygen atoms in total. The molecule has 1 aliphatic rings. The van der Waals surface area contributed by atoms with Gasteiger partial charge in [-0.2, -0.15) is 0 Å². The molecule has 24 heavy (non-hydrogen) atoms. The molecule has 0 aromatic carbocycles. The molecule has 7 heteroatoms. The van der Waals surface area contributed by atoms with Crippen LogP contribution in [0.15, 0.2) is 5.38 Å². The van der Waals surface area contributed by atoms with Gasteiger partial charge in [-0.05, 0) is 58.0 Å². The minimum Gasteiger partial charge on any atom is -0.344 e. The van der Waals surface area contributed by atoms with E-state index in [-0.39, 0.29) is 36.3 Å². The maximum absolute atomic E-state index is 12.5. The van der Waals surface area contributed by atoms with Crippen LogP contribution in [0, 0.1) is 18.8 Å². The Morgan fingerprint density at radius 1 is 1.54 bits per heavy atom. The van der Waals surface area contributed by atoms with E-state index >= 15 is 0 Å². The molecule has 1 amide bonds. The lowest BCUT2D eigenvalue weighted by Crippen LogP contribution is -2.44. The number of hydrogen-bond donors (Lipinski definition) is 2. The molecule has 140 valence electrons. The summed E-state index contributed by atoms with van der Waals surface area (Å²) in [5, 5.41) is 9.72. The number of piperidine rings is 1. The molecule has 1 saturated heterocycles. The fourth-order valence-corrected chi connectivity index (χ4v) is 4.07. The molecule has 2 heterocycles. The Kier molecular flexibility index (Phi) is 10.4. The SMILES string of the molecule is CCC(C)(NC(=O)CC(C)C1CCCNC1)c1nc(C)cs1.Cl.Cl. The highest BCUT2D eigenvalue weighted by atomic mass is 35.5. The summed E-state index contributed by atoms with van der Waals surface area (Å²) in [4.78, 5) is 17.1. The Hall–Kier alpha value is -0.360. The van der Waals surface area contributed by atoms with Gasteiger partial charge in [0.1, 0.15) is 5.01 Å². The number of rotatable bonds is 6. The van der Waals surface area contributed by atoms with E-state index < -0.39 is 0 Å². The standard InChI is InChI=1S/C17H29N3OS.2ClH/c1-5-17(4,16-19-13(3)11-22-16)20-15(21)9-12(2)14-7-6-8-18-10-14;;/h11-12,14,18H,5-10H2,1-4H3,(H,20,21);2*1H. The summed E-state index contributed by atoms with van der Waals surface area (Å²) in [6.07, 6.45) is 3.91. The van der Waals surface area contributed by atoms with Gasteiger partial charge in [0, 0.05) is 17.5 Å². The van der Waals surface area contributed by atoms with Crippen molar-refractivity contribution in [1.29, 1.82) is 0 Å². The fraction of sp³-hybridized carbons (Fsp3) is 0.765. The monoisotopic (exact) mass is 395 g/mol. The molecule has 1 fully saturated rings. The van der Waals surface area contributed by atoms with Crippen molar-refractivity contribution in [2.45, 2.75) is 58.9 Å². The van der Waals surface area contributed by atoms with Crippen LogP contribution in [0.3, 0.4) is 0 Å². The number of halogens is 2. The van der Waals surface area contributed by atoms with Crippen molar-refractivity contribution < 1.29 is 4.79 Å². The first-order valence-corrected chi connectivity index (χ1v) is 9.27. The van der Waals surface area contributed by atoms with Gasteiger partial charge in [-0.25, -0.2) is 4.98 Å². The zero-order chi connectivity index (χ0) is 16.2. The van der Waals surface area contributed by atoms with Gasteiger partial charge in [-0.1, -0.05) is 13.8 Å². The van der Waals surface area contributed by atoms with Gasteiger partial charge in [-0.15, -0.1) is 36.2 Å². The van der Waals surface area contributed by atoms with E-state index in [1.807, 2.05) is 12.3 Å². The molecule has 0 spiro atoms. The van der Waals surface area contributed by atoms with Crippen LogP contribution >= 0.6 is 36.2 Å². The van der Waals surface area contributed by atoms with Crippen LogP contribution < -0.4 is 10.6 Å². The van der Waals surface area contributed by atoms with Gasteiger partial charge >= 0.3 is 0 Å². The summed E-state index contributed by atoms with van der Waals surface area (Å²) < 4.78 is 0. The first kappa shape index (κ1) is 23.6. The number of hydrogen-bond acceptors (Lipinski definition) is 4. The molecular weight excluding hydrogens is 365 g/mol. The van der Waals surface area contributed by atoms with Crippen molar-refractivity contribution in [2.75, 3.05) is 13.1 Å². The Labute approximate surface area is 162 Å². The van der Waals surface area contributed by atoms with E-state index in [0.29, 0.717) is 18.3 Å². The van der Waals surface area contributed by atoms with Crippen LogP contribution in [0.1, 0.15) is 57.2 Å². The molecule has 0 bridgehead atoms. The minimum absolute atomic E-state index is 0. The third-order valence-corrected chi connectivity index (χ3v) is 6.08. The Morgan fingerprint density at radius 3 is 2.75 bits per heavy atom. The number of thiazole rings is 1. The highest BCUT2D eigenvalue weighted by molar-refractivity contribution is 7.09. The van der Waals surface area contributed by atoms with Crippen molar-refractivity contribution in [3.05, 3.63) is 16.1 Å². The fourth-order valence-electron chi connectivity index (χ4n) is 3.08. The summed E-state index contributed by atoms with van der Waals surface area (Å²) in [5.41, 5.74) is 0.677. The van der Waals surface area contributed by atoms with Crippen LogP contribution in [0.4, 0.5) is 0 Å². The molecule has 3 unspecified atom stereocenters. The normalized spacial score (nSPS) is 20.9. The van der Waals surface area contributed by atoms with Crippen LogP contribution in [0.5, 0.6) is 0 Å². The molecule has 1 aromatic heterocycles. The summed E-state index contributed by atoms with van der Waals surface area (Å²) in [6.45, 7) is 10.5. The molecule has 0 radical (unpaired) electrons. The van der Waals surface area contributed by atoms with Gasteiger partial charge in [0.05, 0.1) is 5.54 Å². The number of carbonyl (C=O) groups is 1. The third kappa shape index (κ3) is 6.17. The lowest BCUT2D eigenvalue weighted by Gasteiger charge is -2.31. The number of carbonyl (C=O) groups excluding carboxylic acids is 1. The summed E-state index contributed by atoms with van der Waals surface area (Å²) in [6, 6.07) is 0. The van der Waals surface area contributed by atoms with E-state index in [4.69, 9.17) is 0 Å². The second-order valence-corrected chi connectivity index (χ2v) is 7.67. The minimum atomic E-state index is -0.347. The zero-order valence-electron chi connectivity index (χ0n) is 15.1. The highest BCUT2D eigenvalue weighted by Gasteiger charge is 2.31. The number of aryl methyl sites for hydroxylation is 1. The van der Waals surface area contributed by atoms with E-state index in [1.165, 1.54) is 12.8 Å². The van der Waals surface area contributed by atoms with Crippen molar-refractivity contribution in [1.82, 2.24) is 15.6 Å². The molecule has 0 saturated carbocycles. The third-order valence-electron chi connectivity index (χ3n) is 4.86. The smallest absolute Gasteiger partial charge is 0.221 e. The predicted molar refractivity (Wildman–Crippen MR) is 107 cm³/mol. The molecule has 2 rings (SSSR count). The molecule has 0 aliphatic carbocycles. The van der Waals surface area contributed by atoms with Gasteiger partial charge in [0.25, 0.3) is 0 Å². The predicted octanol–water partition coefficient (Wildman–Crippen LogP) is 4.06. The Morgan fingerprint density at radius 2 is 2.25 bits per heavy atom. The van der Waals surface area contributed by atoms with Crippen LogP contribution in [0.2, 0.25) is 0 Å². The van der Waals surface area contributed by atoms with Crippen LogP contribution in [0.25, 0.3) is 0 Å². The van der Waals surface area contributed by atoms with E-state index in [0.717, 1.165) is 30.2 Å². The summed E-state index contributed by atoms with van der Waals surface area (Å²) in [5.74, 6) is 1.19. The first-order chi connectivity index (χ1) is 10.4. The van der Waals surface area contributed by atoms with Crippen molar-refractivity contribution in [3.8, 4) is 0 Å². The zero-order valence-corrected chi connectivity index (χ0v) is 17.5. The van der Waals surface area contributed by atoms with Crippen molar-refractivity contribution in [3.63, 3.8) is 0 Å². The van der Waals surface area contributed by atoms with E-state index in [2.05, 4.69) is 36.4 Å². The van der Waals surface area contributed by atoms with Gasteiger partial charge < -0.3 is 10.6 Å². The van der Waals surface area contributed by atoms with Crippen LogP contribution in [-0.4, -0.2) is 24.0 Å². The second-order valence-electron chi connectivity index (χ2n) is 6.82. The van der Waals surface area contributed by atoms with Crippen molar-refractivity contribution in [2.24, 2.45) is 11.8 Å². The topological polar surface area (TPSA) is 54.0 Å². The first-order valence-electron chi connectivity index (χ1n) is 8.39. The van der Waals surface area contributed by atoms with E-state index in [9.17, 15) is 4.79 Å². The largest absolute Gasteiger partial charge is 0.344 e. The molecule has 3 atom stereocenters. The number of aromatic nitrogens is 1. The maximum Gasteiger partial charge on any atom is 0.221 e. The number of amides is 1. The Balaban J connectivity index is 0.00000264. The van der Waals surface area contributed by atoms with E-state index in [1.54, 1.807) is 11.3 Å². The molecule has 2 N–H and O–H groups in total.